The summed E-state index contributed by atoms with van der Waals surface area (Å²) >= 11 is 3.85. The van der Waals surface area contributed by atoms with Gasteiger partial charge in [0.2, 0.25) is 5.78 Å². The number of aliphatic carboxylic acids is 1. The molecule has 52 valence electrons. The molecular formula is C5H8O3S. The van der Waals surface area contributed by atoms with Crippen LogP contribution in [0, 0.1) is 0 Å². The van der Waals surface area contributed by atoms with Gasteiger partial charge in [-0.1, -0.05) is 6.92 Å². The third kappa shape index (κ3) is 4.02. The maximum absolute atomic E-state index is 10.3. The number of thiol groups is 1. The van der Waals surface area contributed by atoms with Crippen LogP contribution in [0.15, 0.2) is 0 Å². The molecule has 1 unspecified atom stereocenters. The molecule has 0 saturated heterocycles. The van der Waals surface area contributed by atoms with E-state index in [9.17, 15) is 9.59 Å². The number of carbonyl (C=O) groups excluding carboxylic acids is 1. The first-order chi connectivity index (χ1) is 4.04. The average Bonchev–Trinajstić information content (AvgIpc) is 1.63. The van der Waals surface area contributed by atoms with E-state index in [0.717, 1.165) is 0 Å². The number of ketones is 1. The number of hydrogen-bond acceptors (Lipinski definition) is 3. The summed E-state index contributed by atoms with van der Waals surface area (Å²) in [6.07, 6.45) is -0.00154. The maximum atomic E-state index is 10.3. The van der Waals surface area contributed by atoms with Crippen LogP contribution in [0.2, 0.25) is 0 Å². The molecule has 0 rings (SSSR count). The van der Waals surface area contributed by atoms with Crippen LogP contribution in [-0.2, 0) is 9.59 Å². The summed E-state index contributed by atoms with van der Waals surface area (Å²) in [5.74, 6) is -2.16. The number of carboxylic acid groups (broad SMARTS) is 1. The first-order valence-electron chi connectivity index (χ1n) is 2.48. The van der Waals surface area contributed by atoms with Gasteiger partial charge < -0.3 is 5.11 Å². The van der Waals surface area contributed by atoms with Crippen molar-refractivity contribution >= 4 is 24.4 Å². The van der Waals surface area contributed by atoms with E-state index >= 15 is 0 Å². The molecule has 1 atom stereocenters. The summed E-state index contributed by atoms with van der Waals surface area (Å²) in [5.41, 5.74) is 0. The molecule has 0 spiro atoms. The molecule has 0 aliphatic heterocycles. The van der Waals surface area contributed by atoms with E-state index in [1.807, 2.05) is 0 Å². The summed E-state index contributed by atoms with van der Waals surface area (Å²) in [7, 11) is 0. The van der Waals surface area contributed by atoms with Gasteiger partial charge in [-0.15, -0.1) is 0 Å². The van der Waals surface area contributed by atoms with Crippen molar-refractivity contribution in [2.75, 3.05) is 0 Å². The van der Waals surface area contributed by atoms with Gasteiger partial charge in [0.15, 0.2) is 0 Å². The predicted octanol–water partition coefficient (Wildman–Crippen LogP) is 0.348. The Balaban J connectivity index is 3.65. The molecule has 0 bridgehead atoms. The maximum Gasteiger partial charge on any atom is 0.372 e. The van der Waals surface area contributed by atoms with Crippen LogP contribution in [0.4, 0.5) is 0 Å². The van der Waals surface area contributed by atoms with Crippen LogP contribution in [0.25, 0.3) is 0 Å². The first kappa shape index (κ1) is 8.49. The monoisotopic (exact) mass is 148 g/mol. The highest BCUT2D eigenvalue weighted by atomic mass is 32.1. The summed E-state index contributed by atoms with van der Waals surface area (Å²) in [6.45, 7) is 1.67. The fourth-order valence-corrected chi connectivity index (χ4v) is 0.521. The van der Waals surface area contributed by atoms with Gasteiger partial charge in [0.05, 0.1) is 0 Å². The van der Waals surface area contributed by atoms with Gasteiger partial charge in [0.1, 0.15) is 0 Å². The Hall–Kier alpha value is -0.510. The highest BCUT2D eigenvalue weighted by Gasteiger charge is 2.12. The number of Topliss-reactive ketones (excluding diaryl/α,β-unsaturated/α-hetero) is 1. The second kappa shape index (κ2) is 3.50. The minimum Gasteiger partial charge on any atom is -0.476 e. The van der Waals surface area contributed by atoms with Gasteiger partial charge in [-0.05, 0) is 0 Å². The first-order valence-corrected chi connectivity index (χ1v) is 3.00. The quantitative estimate of drug-likeness (QED) is 0.448. The largest absolute Gasteiger partial charge is 0.476 e. The minimum atomic E-state index is -1.38. The van der Waals surface area contributed by atoms with Gasteiger partial charge in [-0.2, -0.15) is 12.6 Å². The van der Waals surface area contributed by atoms with Gasteiger partial charge >= 0.3 is 5.97 Å². The molecule has 3 nitrogen and oxygen atoms in total. The van der Waals surface area contributed by atoms with E-state index in [2.05, 4.69) is 12.6 Å². The lowest BCUT2D eigenvalue weighted by atomic mass is 10.2. The molecule has 0 aliphatic rings. The molecule has 0 heterocycles. The number of carbonyl (C=O) groups is 2. The van der Waals surface area contributed by atoms with E-state index < -0.39 is 11.8 Å². The van der Waals surface area contributed by atoms with Gasteiger partial charge in [0.25, 0.3) is 0 Å². The molecule has 0 amide bonds. The van der Waals surface area contributed by atoms with Crippen molar-refractivity contribution in [1.29, 1.82) is 0 Å². The normalized spacial score (nSPS) is 12.7. The van der Waals surface area contributed by atoms with Crippen molar-refractivity contribution in [3.05, 3.63) is 0 Å². The molecular weight excluding hydrogens is 140 g/mol. The molecule has 1 N–H and O–H groups in total. The molecule has 0 radical (unpaired) electrons. The van der Waals surface area contributed by atoms with Crippen LogP contribution in [0.3, 0.4) is 0 Å². The van der Waals surface area contributed by atoms with E-state index in [4.69, 9.17) is 5.11 Å². The lowest BCUT2D eigenvalue weighted by Crippen LogP contribution is -2.15. The Morgan fingerprint density at radius 3 is 2.22 bits per heavy atom. The fourth-order valence-electron chi connectivity index (χ4n) is 0.356. The van der Waals surface area contributed by atoms with Crippen LogP contribution < -0.4 is 0 Å². The van der Waals surface area contributed by atoms with Gasteiger partial charge in [-0.25, -0.2) is 4.79 Å². The lowest BCUT2D eigenvalue weighted by molar-refractivity contribution is -0.149. The summed E-state index contributed by atoms with van der Waals surface area (Å²) in [4.78, 5) is 20.2. The van der Waals surface area contributed by atoms with Crippen molar-refractivity contribution in [2.24, 2.45) is 0 Å². The smallest absolute Gasteiger partial charge is 0.372 e. The van der Waals surface area contributed by atoms with E-state index in [0.29, 0.717) is 0 Å². The van der Waals surface area contributed by atoms with E-state index in [1.165, 1.54) is 0 Å². The van der Waals surface area contributed by atoms with Crippen LogP contribution >= 0.6 is 12.6 Å². The molecule has 0 saturated carbocycles. The Kier molecular flexibility index (Phi) is 3.30. The van der Waals surface area contributed by atoms with Gasteiger partial charge in [0, 0.05) is 11.7 Å². The van der Waals surface area contributed by atoms with Crippen LogP contribution in [0.5, 0.6) is 0 Å². The van der Waals surface area contributed by atoms with Crippen molar-refractivity contribution in [3.63, 3.8) is 0 Å². The standard InChI is InChI=1S/C5H8O3S/c1-3(9)2-4(6)5(7)8/h3,9H,2H2,1H3,(H,7,8). The zero-order chi connectivity index (χ0) is 7.44. The number of hydrogen-bond donors (Lipinski definition) is 2. The topological polar surface area (TPSA) is 54.4 Å². The Morgan fingerprint density at radius 2 is 2.11 bits per heavy atom. The SMILES string of the molecule is CC(S)CC(=O)C(=O)O. The average molecular weight is 148 g/mol. The minimum absolute atomic E-state index is 0.00154. The van der Waals surface area contributed by atoms with Gasteiger partial charge in [-0.3, -0.25) is 4.79 Å². The Morgan fingerprint density at radius 1 is 1.67 bits per heavy atom. The fraction of sp³-hybridized carbons (Fsp3) is 0.600. The highest BCUT2D eigenvalue weighted by molar-refractivity contribution is 7.80. The third-order valence-electron chi connectivity index (χ3n) is 0.719. The predicted molar refractivity (Wildman–Crippen MR) is 35.7 cm³/mol. The molecule has 0 aromatic carbocycles. The zero-order valence-electron chi connectivity index (χ0n) is 5.00. The van der Waals surface area contributed by atoms with Crippen molar-refractivity contribution in [3.8, 4) is 0 Å². The molecule has 0 aromatic rings. The molecule has 4 heteroatoms. The number of rotatable bonds is 3. The van der Waals surface area contributed by atoms with Crippen molar-refractivity contribution in [2.45, 2.75) is 18.6 Å². The lowest BCUT2D eigenvalue weighted by Gasteiger charge is -1.96. The second-order valence-electron chi connectivity index (χ2n) is 1.78. The van der Waals surface area contributed by atoms with Crippen molar-refractivity contribution < 1.29 is 14.7 Å². The van der Waals surface area contributed by atoms with Crippen LogP contribution in [0.1, 0.15) is 13.3 Å². The second-order valence-corrected chi connectivity index (χ2v) is 2.66. The highest BCUT2D eigenvalue weighted by Crippen LogP contribution is 1.99. The number of carboxylic acids is 1. The summed E-state index contributed by atoms with van der Waals surface area (Å²) in [6, 6.07) is 0. The van der Waals surface area contributed by atoms with E-state index in [1.54, 1.807) is 6.92 Å². The zero-order valence-corrected chi connectivity index (χ0v) is 5.89. The molecule has 9 heavy (non-hydrogen) atoms. The molecule has 0 aliphatic carbocycles. The molecule has 0 aromatic heterocycles. The van der Waals surface area contributed by atoms with Crippen molar-refractivity contribution in [1.82, 2.24) is 0 Å². The summed E-state index contributed by atoms with van der Waals surface area (Å²) < 4.78 is 0. The Bertz CT molecular complexity index is 130. The Labute approximate surface area is 58.5 Å². The third-order valence-corrected chi connectivity index (χ3v) is 0.902. The molecule has 0 fully saturated rings. The van der Waals surface area contributed by atoms with E-state index in [-0.39, 0.29) is 11.7 Å². The summed E-state index contributed by atoms with van der Waals surface area (Å²) in [5, 5.41) is 7.87. The van der Waals surface area contributed by atoms with Crippen LogP contribution in [-0.4, -0.2) is 22.1 Å².